The fourth-order valence-electron chi connectivity index (χ4n) is 4.89. The quantitative estimate of drug-likeness (QED) is 0.360. The average Bonchev–Trinajstić information content (AvgIpc) is 2.78. The van der Waals surface area contributed by atoms with Gasteiger partial charge in [-0.1, -0.05) is 69.0 Å². The molecule has 31 heavy (non-hydrogen) atoms. The summed E-state index contributed by atoms with van der Waals surface area (Å²) >= 11 is 0. The van der Waals surface area contributed by atoms with Gasteiger partial charge in [0.25, 0.3) is 0 Å². The van der Waals surface area contributed by atoms with Gasteiger partial charge >= 0.3 is 0 Å². The van der Waals surface area contributed by atoms with E-state index in [1.165, 1.54) is 60.1 Å². The van der Waals surface area contributed by atoms with Crippen LogP contribution < -0.4 is 0 Å². The number of aryl methyl sites for hydroxylation is 1. The van der Waals surface area contributed by atoms with Crippen LogP contribution in [0, 0.1) is 23.0 Å². The predicted octanol–water partition coefficient (Wildman–Crippen LogP) is 7.78. The molecule has 0 N–H and O–H groups in total. The topological polar surface area (TPSA) is 23.8 Å². The number of nitrogens with zero attached hydrogens (tertiary/aromatic N) is 1. The molecule has 0 aromatic heterocycles. The maximum absolute atomic E-state index is 14.5. The van der Waals surface area contributed by atoms with Crippen LogP contribution in [0.1, 0.15) is 79.2 Å². The van der Waals surface area contributed by atoms with Gasteiger partial charge in [0.2, 0.25) is 0 Å². The molecule has 1 aliphatic carbocycles. The Balaban J connectivity index is 1.49. The third kappa shape index (κ3) is 4.64. The monoisotopic (exact) mass is 417 g/mol. The first-order valence-electron chi connectivity index (χ1n) is 11.5. The van der Waals surface area contributed by atoms with Crippen molar-refractivity contribution < 1.29 is 8.78 Å². The van der Waals surface area contributed by atoms with Crippen molar-refractivity contribution in [3.63, 3.8) is 0 Å². The van der Waals surface area contributed by atoms with Crippen molar-refractivity contribution in [3.8, 4) is 6.07 Å². The van der Waals surface area contributed by atoms with Crippen molar-refractivity contribution in [2.75, 3.05) is 0 Å². The minimum atomic E-state index is -0.750. The number of hydrogen-bond acceptors (Lipinski definition) is 1. The van der Waals surface area contributed by atoms with E-state index in [2.05, 4.69) is 43.3 Å². The number of hydrogen-bond donors (Lipinski definition) is 0. The van der Waals surface area contributed by atoms with E-state index in [0.717, 1.165) is 12.8 Å². The Morgan fingerprint density at radius 3 is 2.55 bits per heavy atom. The number of fused-ring (bicyclic) bond motifs is 2. The molecule has 0 aliphatic heterocycles. The molecule has 1 nitrogen and oxygen atoms in total. The smallest absolute Gasteiger partial charge is 0.147 e. The van der Waals surface area contributed by atoms with E-state index in [0.29, 0.717) is 24.0 Å². The highest BCUT2D eigenvalue weighted by Crippen LogP contribution is 2.36. The van der Waals surface area contributed by atoms with E-state index >= 15 is 0 Å². The Kier molecular flexibility index (Phi) is 6.66. The number of nitriles is 1. The van der Waals surface area contributed by atoms with Crippen LogP contribution in [0.25, 0.3) is 10.8 Å². The summed E-state index contributed by atoms with van der Waals surface area (Å²) < 4.78 is 28.6. The zero-order valence-corrected chi connectivity index (χ0v) is 18.2. The molecule has 0 saturated carbocycles. The summed E-state index contributed by atoms with van der Waals surface area (Å²) in [5, 5.41) is 11.5. The van der Waals surface area contributed by atoms with Crippen LogP contribution in [-0.2, 0) is 19.3 Å². The van der Waals surface area contributed by atoms with Gasteiger partial charge < -0.3 is 0 Å². The van der Waals surface area contributed by atoms with Crippen molar-refractivity contribution >= 4 is 10.8 Å². The van der Waals surface area contributed by atoms with Gasteiger partial charge in [-0.05, 0) is 77.1 Å². The minimum absolute atomic E-state index is 0.238. The molecule has 1 atom stereocenters. The summed E-state index contributed by atoms with van der Waals surface area (Å²) in [5.74, 6) is -1.18. The number of benzene rings is 3. The van der Waals surface area contributed by atoms with Gasteiger partial charge in [-0.25, -0.2) is 8.78 Å². The summed E-state index contributed by atoms with van der Waals surface area (Å²) in [6.07, 6.45) is 9.54. The highest BCUT2D eigenvalue weighted by Gasteiger charge is 2.26. The van der Waals surface area contributed by atoms with Gasteiger partial charge in [-0.15, -0.1) is 0 Å². The van der Waals surface area contributed by atoms with E-state index in [1.54, 1.807) is 6.07 Å². The van der Waals surface area contributed by atoms with Crippen molar-refractivity contribution in [1.29, 1.82) is 5.26 Å². The van der Waals surface area contributed by atoms with Gasteiger partial charge in [0.15, 0.2) is 0 Å². The third-order valence-electron chi connectivity index (χ3n) is 6.70. The Bertz CT molecular complexity index is 1130. The fraction of sp³-hybridized carbons (Fsp3) is 0.393. The van der Waals surface area contributed by atoms with E-state index in [4.69, 9.17) is 5.26 Å². The van der Waals surface area contributed by atoms with Crippen molar-refractivity contribution in [2.45, 2.75) is 70.6 Å². The number of halogens is 2. The van der Waals surface area contributed by atoms with Gasteiger partial charge in [-0.2, -0.15) is 5.26 Å². The Hall–Kier alpha value is -2.73. The Morgan fingerprint density at radius 1 is 0.968 bits per heavy atom. The molecular weight excluding hydrogens is 388 g/mol. The molecule has 3 heteroatoms. The first-order valence-corrected chi connectivity index (χ1v) is 11.5. The summed E-state index contributed by atoms with van der Waals surface area (Å²) in [6, 6.07) is 16.3. The fourth-order valence-corrected chi connectivity index (χ4v) is 4.89. The van der Waals surface area contributed by atoms with Crippen LogP contribution in [0.3, 0.4) is 0 Å². The van der Waals surface area contributed by atoms with E-state index in [1.807, 2.05) is 0 Å². The van der Waals surface area contributed by atoms with E-state index < -0.39 is 17.2 Å². The van der Waals surface area contributed by atoms with Crippen LogP contribution in [-0.4, -0.2) is 0 Å². The first kappa shape index (κ1) is 21.5. The number of unbranched alkanes of at least 4 members (excludes halogenated alkanes) is 4. The van der Waals surface area contributed by atoms with Crippen LogP contribution in [0.5, 0.6) is 0 Å². The number of rotatable bonds is 7. The summed E-state index contributed by atoms with van der Waals surface area (Å²) in [5.41, 5.74) is 3.37. The van der Waals surface area contributed by atoms with Gasteiger partial charge in [0.1, 0.15) is 23.3 Å². The first-order chi connectivity index (χ1) is 15.1. The Labute approximate surface area is 183 Å². The van der Waals surface area contributed by atoms with Crippen molar-refractivity contribution in [2.24, 2.45) is 0 Å². The molecule has 3 aromatic carbocycles. The zero-order valence-electron chi connectivity index (χ0n) is 18.2. The second-order valence-electron chi connectivity index (χ2n) is 8.84. The van der Waals surface area contributed by atoms with Crippen molar-refractivity contribution in [3.05, 3.63) is 81.9 Å². The van der Waals surface area contributed by atoms with Crippen LogP contribution in [0.15, 0.2) is 42.5 Å². The molecule has 1 unspecified atom stereocenters. The lowest BCUT2D eigenvalue weighted by atomic mass is 9.79. The maximum atomic E-state index is 14.5. The molecule has 160 valence electrons. The SMILES string of the molecule is CCCCCCCc1ccc2cc(C3CCc4c(cc(F)c(C#N)c4F)C3)ccc2c1. The van der Waals surface area contributed by atoms with Gasteiger partial charge in [0.05, 0.1) is 0 Å². The molecule has 0 bridgehead atoms. The molecular formula is C28H29F2N. The standard InChI is InChI=1S/C28H29F2N/c1-2-3-4-5-6-7-19-8-9-21-15-22(11-10-20(21)14-19)23-12-13-25-24(16-23)17-27(29)26(18-31)28(25)30/h8-11,14-15,17,23H,2-7,12-13,16H2,1H3. The molecule has 0 spiro atoms. The van der Waals surface area contributed by atoms with Gasteiger partial charge in [-0.3, -0.25) is 0 Å². The highest BCUT2D eigenvalue weighted by molar-refractivity contribution is 5.84. The summed E-state index contributed by atoms with van der Waals surface area (Å²) in [7, 11) is 0. The molecule has 0 amide bonds. The average molecular weight is 418 g/mol. The highest BCUT2D eigenvalue weighted by atomic mass is 19.1. The maximum Gasteiger partial charge on any atom is 0.147 e. The van der Waals surface area contributed by atoms with Crippen LogP contribution >= 0.6 is 0 Å². The largest absolute Gasteiger partial charge is 0.205 e. The van der Waals surface area contributed by atoms with E-state index in [9.17, 15) is 8.78 Å². The lowest BCUT2D eigenvalue weighted by Gasteiger charge is -2.26. The van der Waals surface area contributed by atoms with Crippen LogP contribution in [0.4, 0.5) is 8.78 Å². The van der Waals surface area contributed by atoms with Gasteiger partial charge in [0, 0.05) is 0 Å². The van der Waals surface area contributed by atoms with E-state index in [-0.39, 0.29) is 5.92 Å². The minimum Gasteiger partial charge on any atom is -0.205 e. The molecule has 3 aromatic rings. The normalized spacial score (nSPS) is 15.6. The molecule has 0 saturated heterocycles. The molecule has 1 aliphatic rings. The molecule has 0 radical (unpaired) electrons. The summed E-state index contributed by atoms with van der Waals surface area (Å²) in [4.78, 5) is 0. The predicted molar refractivity (Wildman–Crippen MR) is 122 cm³/mol. The van der Waals surface area contributed by atoms with Crippen molar-refractivity contribution in [1.82, 2.24) is 0 Å². The lowest BCUT2D eigenvalue weighted by Crippen LogP contribution is -2.16. The molecule has 4 rings (SSSR count). The second kappa shape index (κ2) is 9.60. The molecule has 0 heterocycles. The second-order valence-corrected chi connectivity index (χ2v) is 8.84. The third-order valence-corrected chi connectivity index (χ3v) is 6.70. The Morgan fingerprint density at radius 2 is 1.74 bits per heavy atom. The van der Waals surface area contributed by atoms with Crippen LogP contribution in [0.2, 0.25) is 0 Å². The lowest BCUT2D eigenvalue weighted by molar-refractivity contribution is 0.520. The zero-order chi connectivity index (χ0) is 21.8. The summed E-state index contributed by atoms with van der Waals surface area (Å²) in [6.45, 7) is 2.24. The molecule has 0 fully saturated rings.